The van der Waals surface area contributed by atoms with Gasteiger partial charge in [-0.2, -0.15) is 0 Å². The van der Waals surface area contributed by atoms with Gasteiger partial charge in [0, 0.05) is 18.7 Å². The van der Waals surface area contributed by atoms with Crippen LogP contribution in [0.1, 0.15) is 74.1 Å². The second-order valence-corrected chi connectivity index (χ2v) is 9.55. The van der Waals surface area contributed by atoms with E-state index in [0.717, 1.165) is 32.2 Å². The van der Waals surface area contributed by atoms with Crippen molar-refractivity contribution in [3.8, 4) is 0 Å². The van der Waals surface area contributed by atoms with Crippen molar-refractivity contribution in [3.63, 3.8) is 0 Å². The van der Waals surface area contributed by atoms with Gasteiger partial charge in [-0.05, 0) is 52.0 Å². The molecule has 0 bridgehead atoms. The van der Waals surface area contributed by atoms with Gasteiger partial charge in [-0.3, -0.25) is 14.5 Å². The number of likely N-dealkylation sites (tertiary alicyclic amines) is 1. The molecule has 4 atom stereocenters. The summed E-state index contributed by atoms with van der Waals surface area (Å²) in [5.74, 6) is -1.27. The van der Waals surface area contributed by atoms with Crippen LogP contribution in [0.4, 0.5) is 0 Å². The molecule has 1 rings (SSSR count). The summed E-state index contributed by atoms with van der Waals surface area (Å²) in [6.07, 6.45) is 5.35. The average molecular weight is 438 g/mol. The van der Waals surface area contributed by atoms with Crippen LogP contribution in [0.2, 0.25) is 0 Å². The first-order valence-electron chi connectivity index (χ1n) is 11.7. The number of nitrogens with one attached hydrogen (secondary N) is 1. The maximum absolute atomic E-state index is 13.5. The van der Waals surface area contributed by atoms with E-state index in [9.17, 15) is 19.5 Å². The van der Waals surface area contributed by atoms with Gasteiger partial charge in [0.25, 0.3) is 0 Å². The summed E-state index contributed by atoms with van der Waals surface area (Å²) in [6.45, 7) is 14.5. The highest BCUT2D eigenvalue weighted by atomic mass is 16.4. The van der Waals surface area contributed by atoms with E-state index in [-0.39, 0.29) is 47.3 Å². The van der Waals surface area contributed by atoms with Crippen LogP contribution in [0.5, 0.6) is 0 Å². The Morgan fingerprint density at radius 1 is 1.16 bits per heavy atom. The zero-order valence-corrected chi connectivity index (χ0v) is 20.6. The van der Waals surface area contributed by atoms with Crippen LogP contribution in [-0.4, -0.2) is 70.4 Å². The lowest BCUT2D eigenvalue weighted by molar-refractivity contribution is -0.140. The summed E-state index contributed by atoms with van der Waals surface area (Å²) in [4.78, 5) is 41.8. The van der Waals surface area contributed by atoms with Gasteiger partial charge in [0.1, 0.15) is 6.04 Å². The first-order chi connectivity index (χ1) is 14.4. The molecule has 0 aromatic heterocycles. The van der Waals surface area contributed by atoms with E-state index in [1.165, 1.54) is 0 Å². The quantitative estimate of drug-likeness (QED) is 0.512. The molecule has 0 saturated carbocycles. The Balaban J connectivity index is 3.09. The number of carboxylic acids is 1. The summed E-state index contributed by atoms with van der Waals surface area (Å²) in [5.41, 5.74) is 0.213. The third-order valence-corrected chi connectivity index (χ3v) is 6.52. The third-order valence-electron chi connectivity index (χ3n) is 6.52. The van der Waals surface area contributed by atoms with E-state index in [0.29, 0.717) is 0 Å². The fraction of sp³-hybridized carbons (Fsp3) is 0.792. The number of carbonyl (C=O) groups excluding carboxylic acids is 2. The van der Waals surface area contributed by atoms with Gasteiger partial charge in [0.05, 0.1) is 12.1 Å². The predicted molar refractivity (Wildman–Crippen MR) is 124 cm³/mol. The number of rotatable bonds is 10. The number of aliphatic carboxylic acids is 1. The highest BCUT2D eigenvalue weighted by Crippen LogP contribution is 2.22. The van der Waals surface area contributed by atoms with Gasteiger partial charge in [-0.1, -0.05) is 46.6 Å². The van der Waals surface area contributed by atoms with E-state index < -0.39 is 12.0 Å². The molecule has 0 radical (unpaired) electrons. The highest BCUT2D eigenvalue weighted by molar-refractivity contribution is 5.90. The Kier molecular flexibility index (Phi) is 10.7. The van der Waals surface area contributed by atoms with Crippen LogP contribution in [-0.2, 0) is 14.4 Å². The molecule has 0 aliphatic carbocycles. The third kappa shape index (κ3) is 7.34. The number of nitrogens with zero attached hydrogens (tertiary/aromatic N) is 2. The Labute approximate surface area is 188 Å². The maximum Gasteiger partial charge on any atom is 0.331 e. The topological polar surface area (TPSA) is 90.0 Å². The molecule has 1 saturated heterocycles. The smallest absolute Gasteiger partial charge is 0.331 e. The number of piperidine rings is 1. The second kappa shape index (κ2) is 12.2. The van der Waals surface area contributed by atoms with Crippen LogP contribution in [0.3, 0.4) is 0 Å². The molecule has 7 heteroatoms. The van der Waals surface area contributed by atoms with Gasteiger partial charge in [0.15, 0.2) is 0 Å². The molecular weight excluding hydrogens is 394 g/mol. The van der Waals surface area contributed by atoms with Crippen molar-refractivity contribution in [3.05, 3.63) is 11.6 Å². The molecule has 2 N–H and O–H groups in total. The number of hydrogen-bond acceptors (Lipinski definition) is 4. The molecule has 0 aromatic rings. The lowest BCUT2D eigenvalue weighted by Gasteiger charge is -2.39. The number of hydrogen-bond donors (Lipinski definition) is 2. The summed E-state index contributed by atoms with van der Waals surface area (Å²) in [6, 6.07) is -0.953. The van der Waals surface area contributed by atoms with Crippen molar-refractivity contribution in [1.29, 1.82) is 0 Å². The van der Waals surface area contributed by atoms with Crippen molar-refractivity contribution >= 4 is 17.8 Å². The van der Waals surface area contributed by atoms with E-state index in [2.05, 4.69) is 24.1 Å². The molecular formula is C24H43N3O4. The lowest BCUT2D eigenvalue weighted by Crippen LogP contribution is -2.58. The maximum atomic E-state index is 13.5. The van der Waals surface area contributed by atoms with Crippen molar-refractivity contribution in [1.82, 2.24) is 15.1 Å². The van der Waals surface area contributed by atoms with Gasteiger partial charge in [0.2, 0.25) is 11.8 Å². The van der Waals surface area contributed by atoms with E-state index in [4.69, 9.17) is 0 Å². The van der Waals surface area contributed by atoms with Crippen molar-refractivity contribution < 1.29 is 19.5 Å². The molecule has 31 heavy (non-hydrogen) atoms. The summed E-state index contributed by atoms with van der Waals surface area (Å²) in [7, 11) is 1.70. The first kappa shape index (κ1) is 27.1. The molecule has 0 aromatic carbocycles. The van der Waals surface area contributed by atoms with Crippen LogP contribution in [0.25, 0.3) is 0 Å². The zero-order valence-electron chi connectivity index (χ0n) is 20.6. The predicted octanol–water partition coefficient (Wildman–Crippen LogP) is 3.29. The average Bonchev–Trinajstić information content (AvgIpc) is 2.73. The molecule has 0 spiro atoms. The number of carbonyl (C=O) groups is 3. The number of likely N-dealkylation sites (N-methyl/N-ethyl adjacent to an activating group) is 1. The van der Waals surface area contributed by atoms with Gasteiger partial charge in [-0.25, -0.2) is 4.79 Å². The molecule has 1 aliphatic rings. The fourth-order valence-electron chi connectivity index (χ4n) is 4.21. The summed E-state index contributed by atoms with van der Waals surface area (Å²) < 4.78 is 0. The highest BCUT2D eigenvalue weighted by Gasteiger charge is 2.36. The van der Waals surface area contributed by atoms with Crippen molar-refractivity contribution in [2.24, 2.45) is 11.8 Å². The monoisotopic (exact) mass is 437 g/mol. The zero-order chi connectivity index (χ0) is 23.9. The molecule has 7 nitrogen and oxygen atoms in total. The first-order valence-corrected chi connectivity index (χ1v) is 11.7. The van der Waals surface area contributed by atoms with Crippen LogP contribution in [0, 0.1) is 11.8 Å². The van der Waals surface area contributed by atoms with Gasteiger partial charge < -0.3 is 15.3 Å². The minimum atomic E-state index is -0.992. The standard InChI is InChI=1S/C24H43N3O4/c1-9-17(6)20(14-18(7)24(30)31)26(8)23(29)21(15(2)3)25-22(28)19-12-10-11-13-27(19)16(4)5/h14-17,19-21H,9-13H2,1-8H3,(H,25,28)(H,30,31)/b18-14+/t17-,19?,20+,21?/m0/s1. The summed E-state index contributed by atoms with van der Waals surface area (Å²) in [5, 5.41) is 12.3. The number of carboxylic acid groups (broad SMARTS) is 1. The SMILES string of the molecule is CC[C@H](C)[C@@H](/C=C(\C)C(=O)O)N(C)C(=O)C(NC(=O)C1CCCCN1C(C)C)C(C)C. The van der Waals surface area contributed by atoms with Crippen LogP contribution < -0.4 is 5.32 Å². The molecule has 1 aliphatic heterocycles. The van der Waals surface area contributed by atoms with Crippen molar-refractivity contribution in [2.75, 3.05) is 13.6 Å². The minimum absolute atomic E-state index is 0.0848. The lowest BCUT2D eigenvalue weighted by atomic mass is 9.93. The summed E-state index contributed by atoms with van der Waals surface area (Å²) >= 11 is 0. The second-order valence-electron chi connectivity index (χ2n) is 9.55. The van der Waals surface area contributed by atoms with Gasteiger partial charge in [-0.15, -0.1) is 0 Å². The van der Waals surface area contributed by atoms with E-state index >= 15 is 0 Å². The minimum Gasteiger partial charge on any atom is -0.478 e. The Morgan fingerprint density at radius 3 is 2.26 bits per heavy atom. The fourth-order valence-corrected chi connectivity index (χ4v) is 4.21. The molecule has 178 valence electrons. The normalized spacial score (nSPS) is 21.0. The Morgan fingerprint density at radius 2 is 1.77 bits per heavy atom. The Hall–Kier alpha value is -1.89. The molecule has 1 heterocycles. The van der Waals surface area contributed by atoms with Crippen LogP contribution >= 0.6 is 0 Å². The molecule has 2 unspecified atom stereocenters. The largest absolute Gasteiger partial charge is 0.478 e. The van der Waals surface area contributed by atoms with Gasteiger partial charge >= 0.3 is 5.97 Å². The molecule has 2 amide bonds. The Bertz CT molecular complexity index is 659. The van der Waals surface area contributed by atoms with E-state index in [1.807, 2.05) is 27.7 Å². The molecule has 1 fully saturated rings. The van der Waals surface area contributed by atoms with Crippen LogP contribution in [0.15, 0.2) is 11.6 Å². The number of amides is 2. The van der Waals surface area contributed by atoms with E-state index in [1.54, 1.807) is 24.9 Å². The van der Waals surface area contributed by atoms with Crippen molar-refractivity contribution in [2.45, 2.75) is 98.3 Å².